The molecule has 0 aliphatic carbocycles. The van der Waals surface area contributed by atoms with Gasteiger partial charge >= 0.3 is 0 Å². The van der Waals surface area contributed by atoms with E-state index in [1.54, 1.807) is 30.3 Å². The maximum atomic E-state index is 12.1. The number of hydrazone groups is 1. The molecule has 0 spiro atoms. The van der Waals surface area contributed by atoms with E-state index in [2.05, 4.69) is 10.5 Å². The molecule has 1 N–H and O–H groups in total. The quantitative estimate of drug-likeness (QED) is 0.672. The molecule has 0 atom stereocenters. The summed E-state index contributed by atoms with van der Waals surface area (Å²) in [5.74, 6) is 2.03. The zero-order valence-corrected chi connectivity index (χ0v) is 13.2. The Bertz CT molecular complexity index is 789. The third kappa shape index (κ3) is 3.24. The number of hydrogen-bond acceptors (Lipinski definition) is 6. The van der Waals surface area contributed by atoms with Crippen LogP contribution in [0.4, 0.5) is 0 Å². The van der Waals surface area contributed by atoms with Gasteiger partial charge in [-0.25, -0.2) is 5.43 Å². The molecule has 1 aliphatic heterocycles. The van der Waals surface area contributed by atoms with E-state index >= 15 is 0 Å². The van der Waals surface area contributed by atoms with E-state index in [9.17, 15) is 4.79 Å². The molecule has 0 saturated heterocycles. The molecule has 1 aliphatic rings. The van der Waals surface area contributed by atoms with Crippen LogP contribution >= 0.6 is 0 Å². The van der Waals surface area contributed by atoms with Gasteiger partial charge in [-0.1, -0.05) is 0 Å². The van der Waals surface area contributed by atoms with Crippen molar-refractivity contribution < 1.29 is 23.7 Å². The molecule has 3 rings (SSSR count). The van der Waals surface area contributed by atoms with Crippen molar-refractivity contribution in [2.24, 2.45) is 5.10 Å². The Hall–Kier alpha value is -3.22. The van der Waals surface area contributed by atoms with Gasteiger partial charge in [-0.15, -0.1) is 0 Å². The Balaban J connectivity index is 1.67. The number of rotatable bonds is 5. The molecule has 1 amide bonds. The first kappa shape index (κ1) is 15.7. The molecule has 2 aromatic rings. The van der Waals surface area contributed by atoms with Crippen LogP contribution in [0.5, 0.6) is 23.0 Å². The first-order valence-electron chi connectivity index (χ1n) is 7.16. The predicted molar refractivity (Wildman–Crippen MR) is 87.2 cm³/mol. The van der Waals surface area contributed by atoms with Crippen LogP contribution < -0.4 is 24.4 Å². The molecular weight excluding hydrogens is 312 g/mol. The Morgan fingerprint density at radius 2 is 1.88 bits per heavy atom. The number of fused-ring (bicyclic) bond motifs is 1. The van der Waals surface area contributed by atoms with Crippen LogP contribution in [0.3, 0.4) is 0 Å². The van der Waals surface area contributed by atoms with Gasteiger partial charge in [0, 0.05) is 5.56 Å². The highest BCUT2D eigenvalue weighted by atomic mass is 16.7. The summed E-state index contributed by atoms with van der Waals surface area (Å²) in [6, 6.07) is 10.3. The summed E-state index contributed by atoms with van der Waals surface area (Å²) in [6.45, 7) is 0.214. The van der Waals surface area contributed by atoms with Crippen molar-refractivity contribution in [3.8, 4) is 23.0 Å². The zero-order valence-electron chi connectivity index (χ0n) is 13.2. The summed E-state index contributed by atoms with van der Waals surface area (Å²) in [4.78, 5) is 12.1. The topological polar surface area (TPSA) is 78.4 Å². The fourth-order valence-corrected chi connectivity index (χ4v) is 2.20. The first-order chi connectivity index (χ1) is 11.7. The maximum Gasteiger partial charge on any atom is 0.271 e. The lowest BCUT2D eigenvalue weighted by molar-refractivity contribution is 0.0954. The smallest absolute Gasteiger partial charge is 0.271 e. The molecule has 7 nitrogen and oxygen atoms in total. The second-order valence-electron chi connectivity index (χ2n) is 4.88. The molecule has 0 fully saturated rings. The second kappa shape index (κ2) is 6.91. The summed E-state index contributed by atoms with van der Waals surface area (Å²) in [7, 11) is 3.05. The van der Waals surface area contributed by atoms with Crippen LogP contribution in [0.1, 0.15) is 15.9 Å². The van der Waals surface area contributed by atoms with Crippen molar-refractivity contribution in [3.05, 3.63) is 47.5 Å². The van der Waals surface area contributed by atoms with E-state index in [4.69, 9.17) is 18.9 Å². The summed E-state index contributed by atoms with van der Waals surface area (Å²) in [5.41, 5.74) is 3.66. The zero-order chi connectivity index (χ0) is 16.9. The van der Waals surface area contributed by atoms with Crippen molar-refractivity contribution in [1.82, 2.24) is 5.43 Å². The molecule has 124 valence electrons. The molecule has 24 heavy (non-hydrogen) atoms. The minimum absolute atomic E-state index is 0.214. The summed E-state index contributed by atoms with van der Waals surface area (Å²) in [5, 5.41) is 3.95. The number of methoxy groups -OCH3 is 2. The van der Waals surface area contributed by atoms with Gasteiger partial charge in [0.15, 0.2) is 23.0 Å². The van der Waals surface area contributed by atoms with Crippen molar-refractivity contribution in [2.45, 2.75) is 0 Å². The van der Waals surface area contributed by atoms with Gasteiger partial charge in [-0.05, 0) is 42.0 Å². The summed E-state index contributed by atoms with van der Waals surface area (Å²) in [6.07, 6.45) is 1.53. The molecule has 7 heteroatoms. The molecule has 2 aromatic carbocycles. The number of carbonyl (C=O) groups is 1. The fraction of sp³-hybridized carbons (Fsp3) is 0.176. The summed E-state index contributed by atoms with van der Waals surface area (Å²) >= 11 is 0. The molecule has 0 unspecified atom stereocenters. The van der Waals surface area contributed by atoms with Crippen LogP contribution in [-0.4, -0.2) is 33.1 Å². The van der Waals surface area contributed by atoms with Gasteiger partial charge in [-0.3, -0.25) is 4.79 Å². The molecule has 0 bridgehead atoms. The highest BCUT2D eigenvalue weighted by molar-refractivity contribution is 5.95. The predicted octanol–water partition coefficient (Wildman–Crippen LogP) is 2.20. The highest BCUT2D eigenvalue weighted by Gasteiger charge is 2.13. The van der Waals surface area contributed by atoms with E-state index in [0.717, 1.165) is 5.56 Å². The fourth-order valence-electron chi connectivity index (χ4n) is 2.20. The van der Waals surface area contributed by atoms with Gasteiger partial charge in [0.1, 0.15) is 0 Å². The van der Waals surface area contributed by atoms with Crippen LogP contribution in [0, 0.1) is 0 Å². The Morgan fingerprint density at radius 3 is 2.67 bits per heavy atom. The maximum absolute atomic E-state index is 12.1. The SMILES string of the molecule is COc1ccc(C(=O)N/N=C/c2ccc3c(c2)OCO3)cc1OC. The average molecular weight is 328 g/mol. The largest absolute Gasteiger partial charge is 0.493 e. The van der Waals surface area contributed by atoms with Crippen molar-refractivity contribution >= 4 is 12.1 Å². The Morgan fingerprint density at radius 1 is 1.08 bits per heavy atom. The van der Waals surface area contributed by atoms with Crippen LogP contribution in [-0.2, 0) is 0 Å². The third-order valence-electron chi connectivity index (χ3n) is 3.42. The number of hydrogen-bond donors (Lipinski definition) is 1. The van der Waals surface area contributed by atoms with Crippen LogP contribution in [0.25, 0.3) is 0 Å². The summed E-state index contributed by atoms with van der Waals surface area (Å²) < 4.78 is 20.8. The van der Waals surface area contributed by atoms with Crippen molar-refractivity contribution in [2.75, 3.05) is 21.0 Å². The molecule has 0 aromatic heterocycles. The van der Waals surface area contributed by atoms with Crippen molar-refractivity contribution in [3.63, 3.8) is 0 Å². The Kier molecular flexibility index (Phi) is 4.51. The number of benzene rings is 2. The molecule has 0 saturated carbocycles. The van der Waals surface area contributed by atoms with Crippen LogP contribution in [0.2, 0.25) is 0 Å². The normalized spacial score (nSPS) is 12.2. The number of amides is 1. The minimum atomic E-state index is -0.354. The van der Waals surface area contributed by atoms with Gasteiger partial charge in [0.2, 0.25) is 6.79 Å². The van der Waals surface area contributed by atoms with Gasteiger partial charge < -0.3 is 18.9 Å². The van der Waals surface area contributed by atoms with E-state index in [1.807, 2.05) is 6.07 Å². The third-order valence-corrected chi connectivity index (χ3v) is 3.42. The lowest BCUT2D eigenvalue weighted by atomic mass is 10.2. The average Bonchev–Trinajstić information content (AvgIpc) is 3.08. The molecule has 1 heterocycles. The van der Waals surface area contributed by atoms with E-state index in [-0.39, 0.29) is 12.7 Å². The van der Waals surface area contributed by atoms with Crippen molar-refractivity contribution in [1.29, 1.82) is 0 Å². The van der Waals surface area contributed by atoms with Gasteiger partial charge in [0.05, 0.1) is 20.4 Å². The first-order valence-corrected chi connectivity index (χ1v) is 7.16. The molecule has 0 radical (unpaired) electrons. The number of ether oxygens (including phenoxy) is 4. The molecular formula is C17H16N2O5. The standard InChI is InChI=1S/C17H16N2O5/c1-21-13-6-4-12(8-15(13)22-2)17(20)19-18-9-11-3-5-14-16(7-11)24-10-23-14/h3-9H,10H2,1-2H3,(H,19,20)/b18-9+. The number of nitrogens with one attached hydrogen (secondary N) is 1. The lowest BCUT2D eigenvalue weighted by Gasteiger charge is -2.08. The second-order valence-corrected chi connectivity index (χ2v) is 4.88. The monoisotopic (exact) mass is 328 g/mol. The van der Waals surface area contributed by atoms with E-state index < -0.39 is 0 Å². The number of nitrogens with zero attached hydrogens (tertiary/aromatic N) is 1. The van der Waals surface area contributed by atoms with E-state index in [0.29, 0.717) is 28.6 Å². The Labute approximate surface area is 138 Å². The van der Waals surface area contributed by atoms with Crippen LogP contribution in [0.15, 0.2) is 41.5 Å². The highest BCUT2D eigenvalue weighted by Crippen LogP contribution is 2.32. The van der Waals surface area contributed by atoms with Gasteiger partial charge in [-0.2, -0.15) is 5.10 Å². The lowest BCUT2D eigenvalue weighted by Crippen LogP contribution is -2.17. The number of carbonyl (C=O) groups excluding carboxylic acids is 1. The van der Waals surface area contributed by atoms with E-state index in [1.165, 1.54) is 20.4 Å². The minimum Gasteiger partial charge on any atom is -0.493 e. The van der Waals surface area contributed by atoms with Gasteiger partial charge in [0.25, 0.3) is 5.91 Å².